The van der Waals surface area contributed by atoms with Gasteiger partial charge in [0.25, 0.3) is 0 Å². The van der Waals surface area contributed by atoms with Gasteiger partial charge in [0.1, 0.15) is 12.4 Å². The van der Waals surface area contributed by atoms with Crippen molar-refractivity contribution in [3.63, 3.8) is 0 Å². The molecule has 0 amide bonds. The molecule has 4 heteroatoms. The maximum atomic E-state index is 5.87. The maximum Gasteiger partial charge on any atom is 0.169 e. The van der Waals surface area contributed by atoms with Gasteiger partial charge in [-0.1, -0.05) is 42.5 Å². The molecule has 0 aliphatic rings. The van der Waals surface area contributed by atoms with Crippen molar-refractivity contribution in [2.24, 2.45) is 0 Å². The van der Waals surface area contributed by atoms with Crippen LogP contribution < -0.4 is 4.74 Å². The summed E-state index contributed by atoms with van der Waals surface area (Å²) in [6.07, 6.45) is -0.211. The Morgan fingerprint density at radius 2 is 1.61 bits per heavy atom. The van der Waals surface area contributed by atoms with Gasteiger partial charge in [-0.25, -0.2) is 0 Å². The summed E-state index contributed by atoms with van der Waals surface area (Å²) < 4.78 is 16.3. The van der Waals surface area contributed by atoms with Crippen LogP contribution in [0.1, 0.15) is 11.1 Å². The highest BCUT2D eigenvalue weighted by Crippen LogP contribution is 2.16. The number of benzene rings is 2. The highest BCUT2D eigenvalue weighted by atomic mass is 16.7. The molecule has 0 aromatic heterocycles. The van der Waals surface area contributed by atoms with Crippen molar-refractivity contribution in [3.05, 3.63) is 65.7 Å². The van der Waals surface area contributed by atoms with Crippen LogP contribution in [0.4, 0.5) is 0 Å². The molecular weight excluding hydrogens is 290 g/mol. The lowest BCUT2D eigenvalue weighted by molar-refractivity contribution is -0.114. The topological polar surface area (TPSA) is 30.9 Å². The van der Waals surface area contributed by atoms with Crippen LogP contribution in [-0.2, 0) is 22.6 Å². The summed E-state index contributed by atoms with van der Waals surface area (Å²) in [5.41, 5.74) is 2.36. The van der Waals surface area contributed by atoms with Crippen LogP contribution in [0.2, 0.25) is 0 Å². The Kier molecular flexibility index (Phi) is 7.07. The number of likely N-dealkylation sites (N-methyl/N-ethyl adjacent to an activating group) is 1. The average Bonchev–Trinajstić information content (AvgIpc) is 2.59. The second kappa shape index (κ2) is 9.30. The van der Waals surface area contributed by atoms with Gasteiger partial charge in [-0.05, 0) is 30.3 Å². The van der Waals surface area contributed by atoms with Crippen molar-refractivity contribution < 1.29 is 14.2 Å². The molecule has 23 heavy (non-hydrogen) atoms. The van der Waals surface area contributed by atoms with Crippen LogP contribution in [0.5, 0.6) is 5.75 Å². The van der Waals surface area contributed by atoms with Crippen LogP contribution in [-0.4, -0.2) is 39.0 Å². The Bertz CT molecular complexity index is 570. The van der Waals surface area contributed by atoms with Gasteiger partial charge in [0, 0.05) is 27.3 Å². The fourth-order valence-corrected chi connectivity index (χ4v) is 2.35. The molecular formula is C19H25NO3. The van der Waals surface area contributed by atoms with E-state index in [1.54, 1.807) is 14.2 Å². The minimum Gasteiger partial charge on any atom is -0.489 e. The monoisotopic (exact) mass is 315 g/mol. The lowest BCUT2D eigenvalue weighted by Gasteiger charge is -2.22. The van der Waals surface area contributed by atoms with E-state index in [1.165, 1.54) is 5.56 Å². The summed E-state index contributed by atoms with van der Waals surface area (Å²) in [5, 5.41) is 0. The van der Waals surface area contributed by atoms with Crippen LogP contribution in [0, 0.1) is 0 Å². The van der Waals surface area contributed by atoms with E-state index in [1.807, 2.05) is 37.4 Å². The van der Waals surface area contributed by atoms with Gasteiger partial charge < -0.3 is 14.2 Å². The van der Waals surface area contributed by atoms with Crippen LogP contribution in [0.3, 0.4) is 0 Å². The SMILES string of the molecule is COC(CN(C)Cc1cccc(OCc2ccccc2)c1)OC. The van der Waals surface area contributed by atoms with Gasteiger partial charge in [0.2, 0.25) is 0 Å². The van der Waals surface area contributed by atoms with E-state index in [4.69, 9.17) is 14.2 Å². The molecule has 0 heterocycles. The predicted octanol–water partition coefficient (Wildman–Crippen LogP) is 3.32. The number of hydrogen-bond acceptors (Lipinski definition) is 4. The van der Waals surface area contributed by atoms with E-state index in [2.05, 4.69) is 29.2 Å². The molecule has 2 aromatic carbocycles. The van der Waals surface area contributed by atoms with Gasteiger partial charge in [-0.15, -0.1) is 0 Å². The van der Waals surface area contributed by atoms with Gasteiger partial charge in [0.15, 0.2) is 6.29 Å². The largest absolute Gasteiger partial charge is 0.489 e. The summed E-state index contributed by atoms with van der Waals surface area (Å²) in [6.45, 7) is 2.10. The fourth-order valence-electron chi connectivity index (χ4n) is 2.35. The lowest BCUT2D eigenvalue weighted by Crippen LogP contribution is -2.31. The third-order valence-electron chi connectivity index (χ3n) is 3.59. The minimum atomic E-state index is -0.211. The minimum absolute atomic E-state index is 0.211. The molecule has 124 valence electrons. The standard InChI is InChI=1S/C19H25NO3/c1-20(14-19(21-2)22-3)13-17-10-7-11-18(12-17)23-15-16-8-5-4-6-9-16/h4-12,19H,13-15H2,1-3H3. The van der Waals surface area contributed by atoms with Crippen LogP contribution in [0.25, 0.3) is 0 Å². The Morgan fingerprint density at radius 1 is 0.913 bits per heavy atom. The first-order valence-corrected chi connectivity index (χ1v) is 7.71. The van der Waals surface area contributed by atoms with Crippen molar-refractivity contribution in [1.29, 1.82) is 0 Å². The van der Waals surface area contributed by atoms with E-state index >= 15 is 0 Å². The molecule has 0 atom stereocenters. The summed E-state index contributed by atoms with van der Waals surface area (Å²) >= 11 is 0. The molecule has 0 saturated carbocycles. The van der Waals surface area contributed by atoms with Gasteiger partial charge in [0.05, 0.1) is 0 Å². The van der Waals surface area contributed by atoms with Gasteiger partial charge >= 0.3 is 0 Å². The molecule has 0 spiro atoms. The predicted molar refractivity (Wildman–Crippen MR) is 91.4 cm³/mol. The summed E-state index contributed by atoms with van der Waals surface area (Å²) in [7, 11) is 5.35. The van der Waals surface area contributed by atoms with Crippen LogP contribution in [0.15, 0.2) is 54.6 Å². The van der Waals surface area contributed by atoms with Gasteiger partial charge in [-0.2, -0.15) is 0 Å². The molecule has 0 fully saturated rings. The van der Waals surface area contributed by atoms with Gasteiger partial charge in [-0.3, -0.25) is 4.90 Å². The van der Waals surface area contributed by atoms with Crippen molar-refractivity contribution in [1.82, 2.24) is 4.90 Å². The lowest BCUT2D eigenvalue weighted by atomic mass is 10.2. The Labute approximate surface area is 138 Å². The molecule has 0 unspecified atom stereocenters. The summed E-state index contributed by atoms with van der Waals surface area (Å²) in [4.78, 5) is 2.16. The van der Waals surface area contributed by atoms with Crippen molar-refractivity contribution in [3.8, 4) is 5.75 Å². The summed E-state index contributed by atoms with van der Waals surface area (Å²) in [6, 6.07) is 18.4. The quantitative estimate of drug-likeness (QED) is 0.664. The molecule has 0 radical (unpaired) electrons. The Hall–Kier alpha value is -1.88. The second-order valence-corrected chi connectivity index (χ2v) is 5.52. The van der Waals surface area contributed by atoms with E-state index in [0.29, 0.717) is 13.2 Å². The molecule has 0 bridgehead atoms. The average molecular weight is 315 g/mol. The number of hydrogen-bond donors (Lipinski definition) is 0. The molecule has 2 aromatic rings. The first-order chi connectivity index (χ1) is 11.2. The molecule has 0 aliphatic heterocycles. The number of nitrogens with zero attached hydrogens (tertiary/aromatic N) is 1. The fraction of sp³-hybridized carbons (Fsp3) is 0.368. The van der Waals surface area contributed by atoms with Crippen molar-refractivity contribution >= 4 is 0 Å². The molecule has 0 aliphatic carbocycles. The van der Waals surface area contributed by atoms with E-state index in [-0.39, 0.29) is 6.29 Å². The van der Waals surface area contributed by atoms with E-state index in [0.717, 1.165) is 17.9 Å². The third-order valence-corrected chi connectivity index (χ3v) is 3.59. The first kappa shape index (κ1) is 17.5. The number of ether oxygens (including phenoxy) is 3. The Balaban J connectivity index is 1.89. The van der Waals surface area contributed by atoms with Crippen molar-refractivity contribution in [2.45, 2.75) is 19.4 Å². The normalized spacial score (nSPS) is 11.2. The first-order valence-electron chi connectivity index (χ1n) is 7.71. The third kappa shape index (κ3) is 6.02. The van der Waals surface area contributed by atoms with Crippen molar-refractivity contribution in [2.75, 3.05) is 27.8 Å². The molecule has 2 rings (SSSR count). The zero-order valence-corrected chi connectivity index (χ0v) is 14.1. The van der Waals surface area contributed by atoms with E-state index in [9.17, 15) is 0 Å². The smallest absolute Gasteiger partial charge is 0.169 e. The maximum absolute atomic E-state index is 5.87. The zero-order valence-electron chi connectivity index (χ0n) is 14.1. The molecule has 0 N–H and O–H groups in total. The number of methoxy groups -OCH3 is 2. The molecule has 4 nitrogen and oxygen atoms in total. The van der Waals surface area contributed by atoms with Crippen LogP contribution >= 0.6 is 0 Å². The summed E-state index contributed by atoms with van der Waals surface area (Å²) in [5.74, 6) is 0.884. The highest BCUT2D eigenvalue weighted by Gasteiger charge is 2.10. The number of rotatable bonds is 9. The zero-order chi connectivity index (χ0) is 16.5. The second-order valence-electron chi connectivity index (χ2n) is 5.52. The highest BCUT2D eigenvalue weighted by molar-refractivity contribution is 5.29. The van der Waals surface area contributed by atoms with E-state index < -0.39 is 0 Å². The molecule has 0 saturated heterocycles. The Morgan fingerprint density at radius 3 is 2.30 bits per heavy atom.